The van der Waals surface area contributed by atoms with Gasteiger partial charge in [0.25, 0.3) is 0 Å². The molecule has 0 aliphatic heterocycles. The molecule has 23 heavy (non-hydrogen) atoms. The second-order valence-electron chi connectivity index (χ2n) is 7.39. The van der Waals surface area contributed by atoms with Crippen LogP contribution in [0, 0.1) is 17.3 Å². The van der Waals surface area contributed by atoms with Crippen molar-refractivity contribution < 1.29 is 19.4 Å². The highest BCUT2D eigenvalue weighted by atomic mass is 16.5. The number of ether oxygens (including phenoxy) is 1. The van der Waals surface area contributed by atoms with E-state index >= 15 is 0 Å². The molecule has 0 bridgehead atoms. The van der Waals surface area contributed by atoms with Crippen molar-refractivity contribution in [2.75, 3.05) is 6.61 Å². The lowest BCUT2D eigenvalue weighted by Crippen LogP contribution is -2.35. The van der Waals surface area contributed by atoms with Gasteiger partial charge in [-0.25, -0.2) is 4.79 Å². The van der Waals surface area contributed by atoms with E-state index in [1.165, 1.54) is 0 Å². The number of carbonyl (C=O) groups is 2. The molecule has 0 unspecified atom stereocenters. The Labute approximate surface area is 137 Å². The van der Waals surface area contributed by atoms with E-state index in [0.29, 0.717) is 24.2 Å². The second kappa shape index (κ2) is 5.90. The standard InChI is InChI=1S/C19H26O4/c1-4-23-18(22)15-11(2)5-6-12-7-8-13-9-14(20)10-19(13,3)17(21)16(12)15/h9,11-12,14,20H,4-8,10H2,1-3H3/t11-,12+,14-,19-/m0/s1. The van der Waals surface area contributed by atoms with E-state index in [-0.39, 0.29) is 23.6 Å². The van der Waals surface area contributed by atoms with Gasteiger partial charge in [-0.3, -0.25) is 4.79 Å². The quantitative estimate of drug-likeness (QED) is 0.628. The molecular formula is C19H26O4. The number of aliphatic hydroxyl groups excluding tert-OH is 1. The molecule has 3 rings (SSSR count). The van der Waals surface area contributed by atoms with Crippen LogP contribution in [0.2, 0.25) is 0 Å². The zero-order chi connectivity index (χ0) is 16.8. The van der Waals surface area contributed by atoms with Crippen molar-refractivity contribution in [2.45, 2.75) is 59.0 Å². The zero-order valence-corrected chi connectivity index (χ0v) is 14.2. The first kappa shape index (κ1) is 16.4. The highest BCUT2D eigenvalue weighted by molar-refractivity contribution is 6.09. The maximum Gasteiger partial charge on any atom is 0.334 e. The lowest BCUT2D eigenvalue weighted by Gasteiger charge is -2.32. The van der Waals surface area contributed by atoms with E-state index in [1.54, 1.807) is 6.92 Å². The van der Waals surface area contributed by atoms with Crippen LogP contribution in [0.25, 0.3) is 0 Å². The summed E-state index contributed by atoms with van der Waals surface area (Å²) in [6, 6.07) is 0. The van der Waals surface area contributed by atoms with Crippen LogP contribution in [0.15, 0.2) is 22.8 Å². The molecule has 0 spiro atoms. The van der Waals surface area contributed by atoms with Crippen LogP contribution in [0.1, 0.15) is 52.9 Å². The highest BCUT2D eigenvalue weighted by Crippen LogP contribution is 2.51. The molecule has 4 nitrogen and oxygen atoms in total. The maximum atomic E-state index is 13.4. The Hall–Kier alpha value is -1.42. The third kappa shape index (κ3) is 2.57. The van der Waals surface area contributed by atoms with Crippen molar-refractivity contribution in [3.63, 3.8) is 0 Å². The van der Waals surface area contributed by atoms with Gasteiger partial charge in [0.15, 0.2) is 5.78 Å². The number of esters is 1. The monoisotopic (exact) mass is 318 g/mol. The average Bonchev–Trinajstić information content (AvgIpc) is 2.75. The molecular weight excluding hydrogens is 292 g/mol. The largest absolute Gasteiger partial charge is 0.463 e. The third-order valence-corrected chi connectivity index (χ3v) is 5.86. The molecule has 0 heterocycles. The average molecular weight is 318 g/mol. The van der Waals surface area contributed by atoms with Gasteiger partial charge in [0.2, 0.25) is 0 Å². The van der Waals surface area contributed by atoms with Gasteiger partial charge in [0.1, 0.15) is 0 Å². The molecule has 1 N–H and O–H groups in total. The summed E-state index contributed by atoms with van der Waals surface area (Å²) in [6.07, 6.45) is 5.32. The summed E-state index contributed by atoms with van der Waals surface area (Å²) in [5.74, 6) is -0.0803. The number of allylic oxidation sites excluding steroid dienone is 2. The number of fused-ring (bicyclic) bond motifs is 2. The first-order chi connectivity index (χ1) is 10.9. The molecule has 0 amide bonds. The summed E-state index contributed by atoms with van der Waals surface area (Å²) in [5.41, 5.74) is 1.69. The van der Waals surface area contributed by atoms with Crippen molar-refractivity contribution in [2.24, 2.45) is 17.3 Å². The Balaban J connectivity index is 2.11. The molecule has 4 heteroatoms. The van der Waals surface area contributed by atoms with Crippen molar-refractivity contribution in [1.29, 1.82) is 0 Å². The number of Topliss-reactive ketones (excluding diaryl/α,β-unsaturated/α-hetero) is 1. The molecule has 0 aromatic carbocycles. The molecule has 4 atom stereocenters. The fourth-order valence-electron chi connectivity index (χ4n) is 4.59. The van der Waals surface area contributed by atoms with Crippen molar-refractivity contribution in [3.05, 3.63) is 22.8 Å². The first-order valence-electron chi connectivity index (χ1n) is 8.73. The number of hydrogen-bond donors (Lipinski definition) is 1. The van der Waals surface area contributed by atoms with Crippen LogP contribution >= 0.6 is 0 Å². The summed E-state index contributed by atoms with van der Waals surface area (Å²) >= 11 is 0. The minimum absolute atomic E-state index is 0.0393. The Morgan fingerprint density at radius 1 is 1.39 bits per heavy atom. The molecule has 126 valence electrons. The fraction of sp³-hybridized carbons (Fsp3) is 0.684. The number of carbonyl (C=O) groups excluding carboxylic acids is 2. The minimum Gasteiger partial charge on any atom is -0.463 e. The Morgan fingerprint density at radius 3 is 2.83 bits per heavy atom. The van der Waals surface area contributed by atoms with Crippen LogP contribution in [0.4, 0.5) is 0 Å². The van der Waals surface area contributed by atoms with Crippen LogP contribution in [0.5, 0.6) is 0 Å². The summed E-state index contributed by atoms with van der Waals surface area (Å²) in [7, 11) is 0. The zero-order valence-electron chi connectivity index (χ0n) is 14.2. The summed E-state index contributed by atoms with van der Waals surface area (Å²) in [6.45, 7) is 6.05. The van der Waals surface area contributed by atoms with E-state index in [0.717, 1.165) is 31.3 Å². The first-order valence-corrected chi connectivity index (χ1v) is 8.73. The number of ketones is 1. The van der Waals surface area contributed by atoms with Crippen molar-refractivity contribution >= 4 is 11.8 Å². The molecule has 0 aromatic rings. The molecule has 1 saturated carbocycles. The lowest BCUT2D eigenvalue weighted by atomic mass is 9.70. The van der Waals surface area contributed by atoms with Gasteiger partial charge in [-0.15, -0.1) is 0 Å². The van der Waals surface area contributed by atoms with Crippen molar-refractivity contribution in [1.82, 2.24) is 0 Å². The third-order valence-electron chi connectivity index (χ3n) is 5.86. The molecule has 0 saturated heterocycles. The molecule has 0 radical (unpaired) electrons. The predicted molar refractivity (Wildman–Crippen MR) is 86.6 cm³/mol. The van der Waals surface area contributed by atoms with Crippen LogP contribution in [-0.4, -0.2) is 29.6 Å². The van der Waals surface area contributed by atoms with Crippen molar-refractivity contribution in [3.8, 4) is 0 Å². The summed E-state index contributed by atoms with van der Waals surface area (Å²) in [5, 5.41) is 10.0. The van der Waals surface area contributed by atoms with Gasteiger partial charge < -0.3 is 9.84 Å². The Kier molecular flexibility index (Phi) is 4.21. The second-order valence-corrected chi connectivity index (χ2v) is 7.39. The molecule has 0 aromatic heterocycles. The number of rotatable bonds is 2. The van der Waals surface area contributed by atoms with Gasteiger partial charge in [-0.2, -0.15) is 0 Å². The van der Waals surface area contributed by atoms with Gasteiger partial charge >= 0.3 is 5.97 Å². The van der Waals surface area contributed by atoms with E-state index in [4.69, 9.17) is 4.74 Å². The summed E-state index contributed by atoms with van der Waals surface area (Å²) < 4.78 is 5.24. The normalized spacial score (nSPS) is 37.0. The Bertz CT molecular complexity index is 600. The molecule has 1 fully saturated rings. The molecule has 3 aliphatic carbocycles. The van der Waals surface area contributed by atoms with Crippen LogP contribution < -0.4 is 0 Å². The van der Waals surface area contributed by atoms with Crippen LogP contribution in [-0.2, 0) is 14.3 Å². The van der Waals surface area contributed by atoms with Gasteiger partial charge in [-0.1, -0.05) is 18.6 Å². The smallest absolute Gasteiger partial charge is 0.334 e. The topological polar surface area (TPSA) is 63.6 Å². The van der Waals surface area contributed by atoms with Gasteiger partial charge in [0.05, 0.1) is 18.1 Å². The predicted octanol–water partition coefficient (Wildman–Crippen LogP) is 2.95. The van der Waals surface area contributed by atoms with E-state index in [9.17, 15) is 14.7 Å². The van der Waals surface area contributed by atoms with E-state index in [1.807, 2.05) is 19.9 Å². The summed E-state index contributed by atoms with van der Waals surface area (Å²) in [4.78, 5) is 25.9. The maximum absolute atomic E-state index is 13.4. The highest BCUT2D eigenvalue weighted by Gasteiger charge is 2.49. The van der Waals surface area contributed by atoms with Gasteiger partial charge in [0, 0.05) is 11.1 Å². The number of hydrogen-bond acceptors (Lipinski definition) is 4. The SMILES string of the molecule is CCOC(=O)C1=C2C(=O)[C@@]3(C)C[C@@H](O)C=C3CC[C@H]2CC[C@@H]1C. The molecule has 3 aliphatic rings. The Morgan fingerprint density at radius 2 is 2.13 bits per heavy atom. The lowest BCUT2D eigenvalue weighted by molar-refractivity contribution is -0.140. The van der Waals surface area contributed by atoms with E-state index in [2.05, 4.69) is 0 Å². The number of aliphatic hydroxyl groups is 1. The van der Waals surface area contributed by atoms with E-state index < -0.39 is 11.5 Å². The minimum atomic E-state index is -0.654. The van der Waals surface area contributed by atoms with Crippen LogP contribution in [0.3, 0.4) is 0 Å². The fourth-order valence-corrected chi connectivity index (χ4v) is 4.59. The van der Waals surface area contributed by atoms with Gasteiger partial charge in [-0.05, 0) is 57.8 Å².